The van der Waals surface area contributed by atoms with E-state index in [0.29, 0.717) is 29.0 Å². The van der Waals surface area contributed by atoms with E-state index in [1.165, 1.54) is 24.3 Å². The minimum atomic E-state index is -0.323. The topological polar surface area (TPSA) is 66.6 Å². The lowest BCUT2D eigenvalue weighted by Gasteiger charge is -2.07. The number of nitrogens with zero attached hydrogens (tertiary/aromatic N) is 2. The maximum Gasteiger partial charge on any atom is 0.264 e. The number of methoxy groups -OCH3 is 2. The lowest BCUT2D eigenvalue weighted by atomic mass is 10.2. The Balaban J connectivity index is 1.72. The zero-order valence-corrected chi connectivity index (χ0v) is 13.2. The number of aromatic nitrogens is 2. The number of hydrogen-bond acceptors (Lipinski definition) is 6. The first-order chi connectivity index (χ1) is 11.7. The minimum Gasteiger partial charge on any atom is -0.493 e. The molecule has 0 saturated heterocycles. The fourth-order valence-corrected chi connectivity index (χ4v) is 2.08. The van der Waals surface area contributed by atoms with Gasteiger partial charge >= 0.3 is 0 Å². The summed E-state index contributed by atoms with van der Waals surface area (Å²) in [5, 5.41) is 3.92. The van der Waals surface area contributed by atoms with Crippen molar-refractivity contribution in [3.63, 3.8) is 0 Å². The van der Waals surface area contributed by atoms with Crippen LogP contribution < -0.4 is 14.2 Å². The van der Waals surface area contributed by atoms with E-state index in [1.807, 2.05) is 0 Å². The van der Waals surface area contributed by atoms with Crippen LogP contribution in [0.2, 0.25) is 0 Å². The van der Waals surface area contributed by atoms with Crippen molar-refractivity contribution < 1.29 is 23.1 Å². The van der Waals surface area contributed by atoms with Gasteiger partial charge in [-0.1, -0.05) is 5.16 Å². The lowest BCUT2D eigenvalue weighted by molar-refractivity contribution is 0.242. The molecule has 0 amide bonds. The van der Waals surface area contributed by atoms with Gasteiger partial charge in [-0.2, -0.15) is 4.98 Å². The van der Waals surface area contributed by atoms with Gasteiger partial charge in [0.25, 0.3) is 5.89 Å². The molecule has 3 rings (SSSR count). The van der Waals surface area contributed by atoms with Crippen molar-refractivity contribution in [2.24, 2.45) is 0 Å². The van der Waals surface area contributed by atoms with Gasteiger partial charge in [0, 0.05) is 5.56 Å². The summed E-state index contributed by atoms with van der Waals surface area (Å²) in [5.41, 5.74) is 0.726. The molecule has 0 aliphatic heterocycles. The standard InChI is InChI=1S/C17H15FN2O4/c1-21-14-8-3-11(9-15(14)22-2)17-19-16(24-20-17)10-23-13-6-4-12(18)5-7-13/h3-9H,10H2,1-2H3. The maximum absolute atomic E-state index is 12.8. The van der Waals surface area contributed by atoms with Gasteiger partial charge in [0.15, 0.2) is 18.1 Å². The summed E-state index contributed by atoms with van der Waals surface area (Å²) >= 11 is 0. The van der Waals surface area contributed by atoms with Crippen molar-refractivity contribution in [3.8, 4) is 28.6 Å². The average Bonchev–Trinajstić information content (AvgIpc) is 3.09. The van der Waals surface area contributed by atoms with Crippen LogP contribution in [0.1, 0.15) is 5.89 Å². The highest BCUT2D eigenvalue weighted by molar-refractivity contribution is 5.60. The Morgan fingerprint density at radius 1 is 1.00 bits per heavy atom. The monoisotopic (exact) mass is 330 g/mol. The third-order valence-electron chi connectivity index (χ3n) is 3.29. The molecule has 0 aliphatic rings. The van der Waals surface area contributed by atoms with E-state index < -0.39 is 0 Å². The average molecular weight is 330 g/mol. The SMILES string of the molecule is COc1ccc(-c2noc(COc3ccc(F)cc3)n2)cc1OC. The Hall–Kier alpha value is -3.09. The fraction of sp³-hybridized carbons (Fsp3) is 0.176. The Morgan fingerprint density at radius 3 is 2.46 bits per heavy atom. The Bertz CT molecular complexity index is 818. The first-order valence-corrected chi connectivity index (χ1v) is 7.13. The second-order valence-corrected chi connectivity index (χ2v) is 4.82. The molecule has 0 spiro atoms. The van der Waals surface area contributed by atoms with Gasteiger partial charge in [0.1, 0.15) is 11.6 Å². The van der Waals surface area contributed by atoms with E-state index in [0.717, 1.165) is 5.56 Å². The molecular weight excluding hydrogens is 315 g/mol. The molecule has 0 bridgehead atoms. The van der Waals surface area contributed by atoms with E-state index in [4.69, 9.17) is 18.7 Å². The molecule has 124 valence electrons. The van der Waals surface area contributed by atoms with Gasteiger partial charge in [0.2, 0.25) is 5.82 Å². The van der Waals surface area contributed by atoms with Crippen molar-refractivity contribution >= 4 is 0 Å². The number of halogens is 1. The Kier molecular flexibility index (Phi) is 4.60. The van der Waals surface area contributed by atoms with E-state index in [9.17, 15) is 4.39 Å². The van der Waals surface area contributed by atoms with Gasteiger partial charge in [-0.15, -0.1) is 0 Å². The zero-order chi connectivity index (χ0) is 16.9. The summed E-state index contributed by atoms with van der Waals surface area (Å²) in [6.07, 6.45) is 0. The van der Waals surface area contributed by atoms with Crippen LogP contribution in [0.15, 0.2) is 47.0 Å². The first kappa shape index (κ1) is 15.8. The van der Waals surface area contributed by atoms with Crippen LogP contribution >= 0.6 is 0 Å². The summed E-state index contributed by atoms with van der Waals surface area (Å²) in [5.74, 6) is 2.10. The van der Waals surface area contributed by atoms with Gasteiger partial charge in [-0.25, -0.2) is 4.39 Å². The smallest absolute Gasteiger partial charge is 0.264 e. The zero-order valence-electron chi connectivity index (χ0n) is 13.2. The fourth-order valence-electron chi connectivity index (χ4n) is 2.08. The third kappa shape index (κ3) is 3.45. The van der Waals surface area contributed by atoms with Crippen LogP contribution in [0, 0.1) is 5.82 Å². The summed E-state index contributed by atoms with van der Waals surface area (Å²) in [4.78, 5) is 4.27. The maximum atomic E-state index is 12.8. The molecule has 24 heavy (non-hydrogen) atoms. The first-order valence-electron chi connectivity index (χ1n) is 7.13. The van der Waals surface area contributed by atoms with Crippen molar-refractivity contribution in [3.05, 3.63) is 54.2 Å². The van der Waals surface area contributed by atoms with Crippen molar-refractivity contribution in [2.75, 3.05) is 14.2 Å². The molecule has 1 aromatic heterocycles. The molecule has 0 atom stereocenters. The van der Waals surface area contributed by atoms with Crippen molar-refractivity contribution in [1.29, 1.82) is 0 Å². The van der Waals surface area contributed by atoms with Crippen LogP contribution in [0.4, 0.5) is 4.39 Å². The largest absolute Gasteiger partial charge is 0.493 e. The molecule has 0 saturated carbocycles. The highest BCUT2D eigenvalue weighted by Gasteiger charge is 2.12. The highest BCUT2D eigenvalue weighted by atomic mass is 19.1. The van der Waals surface area contributed by atoms with Gasteiger partial charge in [-0.3, -0.25) is 0 Å². The molecule has 0 radical (unpaired) electrons. The van der Waals surface area contributed by atoms with Crippen LogP contribution in [0.25, 0.3) is 11.4 Å². The molecular formula is C17H15FN2O4. The van der Waals surface area contributed by atoms with Crippen LogP contribution in [0.3, 0.4) is 0 Å². The Morgan fingerprint density at radius 2 is 1.75 bits per heavy atom. The number of hydrogen-bond donors (Lipinski definition) is 0. The van der Waals surface area contributed by atoms with Crippen LogP contribution in [0.5, 0.6) is 17.2 Å². The quantitative estimate of drug-likeness (QED) is 0.689. The molecule has 0 N–H and O–H groups in total. The van der Waals surface area contributed by atoms with E-state index >= 15 is 0 Å². The molecule has 6 nitrogen and oxygen atoms in total. The van der Waals surface area contributed by atoms with E-state index in [2.05, 4.69) is 10.1 Å². The number of benzene rings is 2. The summed E-state index contributed by atoms with van der Waals surface area (Å²) in [6, 6.07) is 11.0. The lowest BCUT2D eigenvalue weighted by Crippen LogP contribution is -1.96. The van der Waals surface area contributed by atoms with Gasteiger partial charge in [-0.05, 0) is 42.5 Å². The normalized spacial score (nSPS) is 10.5. The van der Waals surface area contributed by atoms with Crippen molar-refractivity contribution in [2.45, 2.75) is 6.61 Å². The molecule has 7 heteroatoms. The highest BCUT2D eigenvalue weighted by Crippen LogP contribution is 2.31. The summed E-state index contributed by atoms with van der Waals surface area (Å²) in [6.45, 7) is 0.0892. The molecule has 2 aromatic carbocycles. The summed E-state index contributed by atoms with van der Waals surface area (Å²) in [7, 11) is 3.12. The summed E-state index contributed by atoms with van der Waals surface area (Å²) < 4.78 is 33.9. The van der Waals surface area contributed by atoms with Crippen LogP contribution in [-0.4, -0.2) is 24.4 Å². The molecule has 0 fully saturated rings. The predicted molar refractivity (Wildman–Crippen MR) is 83.6 cm³/mol. The molecule has 3 aromatic rings. The second-order valence-electron chi connectivity index (χ2n) is 4.82. The van der Waals surface area contributed by atoms with Gasteiger partial charge in [0.05, 0.1) is 14.2 Å². The second kappa shape index (κ2) is 6.99. The third-order valence-corrected chi connectivity index (χ3v) is 3.29. The molecule has 0 aliphatic carbocycles. The number of rotatable bonds is 6. The molecule has 0 unspecified atom stereocenters. The van der Waals surface area contributed by atoms with E-state index in [1.54, 1.807) is 32.4 Å². The predicted octanol–water partition coefficient (Wildman–Crippen LogP) is 3.47. The number of ether oxygens (including phenoxy) is 3. The van der Waals surface area contributed by atoms with E-state index in [-0.39, 0.29) is 12.4 Å². The van der Waals surface area contributed by atoms with Gasteiger partial charge < -0.3 is 18.7 Å². The van der Waals surface area contributed by atoms with Crippen LogP contribution in [-0.2, 0) is 6.61 Å². The molecule has 1 heterocycles. The van der Waals surface area contributed by atoms with Crippen molar-refractivity contribution in [1.82, 2.24) is 10.1 Å². The Labute approximate surface area is 137 Å². The minimum absolute atomic E-state index is 0.0892.